The number of carbonyl (C=O) groups excluding carboxylic acids is 2. The molecule has 7 nitrogen and oxygen atoms in total. The third-order valence-corrected chi connectivity index (χ3v) is 5.77. The topological polar surface area (TPSA) is 90.4 Å². The third kappa shape index (κ3) is 4.89. The van der Waals surface area contributed by atoms with Crippen LogP contribution in [0, 0.1) is 0 Å². The Morgan fingerprint density at radius 2 is 1.90 bits per heavy atom. The molecule has 4 rings (SSSR count). The van der Waals surface area contributed by atoms with Crippen LogP contribution in [0.5, 0.6) is 5.75 Å². The van der Waals surface area contributed by atoms with E-state index in [4.69, 9.17) is 9.47 Å². The maximum atomic E-state index is 12.8. The summed E-state index contributed by atoms with van der Waals surface area (Å²) >= 11 is 4.54. The molecule has 4 aromatic rings. The number of ether oxygens (including phenoxy) is 2. The number of pyridine rings is 1. The lowest BCUT2D eigenvalue weighted by atomic mass is 10.0. The molecule has 1 amide bonds. The molecule has 0 unspecified atom stereocenters. The summed E-state index contributed by atoms with van der Waals surface area (Å²) in [6.07, 6.45) is 1.58. The van der Waals surface area contributed by atoms with Crippen LogP contribution in [0.4, 0.5) is 5.13 Å². The Morgan fingerprint density at radius 3 is 2.61 bits per heavy atom. The summed E-state index contributed by atoms with van der Waals surface area (Å²) in [6, 6.07) is 16.3. The molecule has 0 aliphatic heterocycles. The first-order valence-corrected chi connectivity index (χ1v) is 10.8. The Hall–Kier alpha value is -3.30. The molecule has 0 fully saturated rings. The Bertz CT molecular complexity index is 1260. The van der Waals surface area contributed by atoms with Gasteiger partial charge in [0.15, 0.2) is 11.7 Å². The molecule has 0 bridgehead atoms. The number of fused-ring (bicyclic) bond motifs is 1. The van der Waals surface area contributed by atoms with Gasteiger partial charge in [-0.05, 0) is 52.3 Å². The molecular weight excluding hydrogens is 482 g/mol. The molecule has 1 N–H and O–H groups in total. The van der Waals surface area contributed by atoms with Gasteiger partial charge in [0, 0.05) is 10.9 Å². The van der Waals surface area contributed by atoms with E-state index in [-0.39, 0.29) is 0 Å². The van der Waals surface area contributed by atoms with E-state index in [1.54, 1.807) is 25.4 Å². The first-order valence-electron chi connectivity index (χ1n) is 9.16. The number of nitrogens with zero attached hydrogens (tertiary/aromatic N) is 2. The molecule has 9 heteroatoms. The number of para-hydroxylation sites is 1. The van der Waals surface area contributed by atoms with Crippen molar-refractivity contribution in [3.8, 4) is 17.0 Å². The van der Waals surface area contributed by atoms with Gasteiger partial charge in [-0.2, -0.15) is 0 Å². The minimum atomic E-state index is -0.608. The predicted octanol–water partition coefficient (Wildman–Crippen LogP) is 4.92. The van der Waals surface area contributed by atoms with Gasteiger partial charge in [0.2, 0.25) is 0 Å². The zero-order valence-electron chi connectivity index (χ0n) is 16.3. The minimum Gasteiger partial charge on any atom is -0.497 e. The molecule has 0 aliphatic rings. The molecule has 31 heavy (non-hydrogen) atoms. The van der Waals surface area contributed by atoms with Crippen LogP contribution in [0.1, 0.15) is 10.4 Å². The lowest BCUT2D eigenvalue weighted by Gasteiger charge is -2.10. The second-order valence-corrected chi connectivity index (χ2v) is 8.80. The van der Waals surface area contributed by atoms with E-state index in [9.17, 15) is 9.59 Å². The summed E-state index contributed by atoms with van der Waals surface area (Å²) in [4.78, 5) is 33.6. The molecule has 0 radical (unpaired) electrons. The third-order valence-electron chi connectivity index (χ3n) is 4.38. The van der Waals surface area contributed by atoms with Gasteiger partial charge in [-0.25, -0.2) is 14.8 Å². The van der Waals surface area contributed by atoms with E-state index >= 15 is 0 Å². The number of hydrogen-bond acceptors (Lipinski definition) is 7. The summed E-state index contributed by atoms with van der Waals surface area (Å²) < 4.78 is 11.3. The maximum absolute atomic E-state index is 12.8. The van der Waals surface area contributed by atoms with Gasteiger partial charge in [-0.1, -0.05) is 29.5 Å². The summed E-state index contributed by atoms with van der Waals surface area (Å²) in [5, 5.41) is 3.66. The quantitative estimate of drug-likeness (QED) is 0.380. The zero-order valence-corrected chi connectivity index (χ0v) is 18.7. The van der Waals surface area contributed by atoms with Crippen molar-refractivity contribution in [1.29, 1.82) is 0 Å². The number of nitrogens with one attached hydrogen (secondary N) is 1. The van der Waals surface area contributed by atoms with Crippen LogP contribution < -0.4 is 10.1 Å². The van der Waals surface area contributed by atoms with Crippen LogP contribution in [0.3, 0.4) is 0 Å². The van der Waals surface area contributed by atoms with Crippen molar-refractivity contribution in [3.63, 3.8) is 0 Å². The number of esters is 1. The fourth-order valence-corrected chi connectivity index (χ4v) is 4.05. The molecule has 0 aliphatic carbocycles. The Balaban J connectivity index is 1.57. The van der Waals surface area contributed by atoms with Crippen LogP contribution in [-0.4, -0.2) is 35.6 Å². The first-order chi connectivity index (χ1) is 15.0. The highest BCUT2D eigenvalue weighted by Crippen LogP contribution is 2.27. The van der Waals surface area contributed by atoms with Crippen molar-refractivity contribution in [1.82, 2.24) is 9.97 Å². The molecule has 0 spiro atoms. The predicted molar refractivity (Wildman–Crippen MR) is 122 cm³/mol. The maximum Gasteiger partial charge on any atom is 0.339 e. The number of halogens is 1. The standard InChI is InChI=1S/C22H16BrN3O4S/c1-29-14-8-6-13(7-9-14)18-10-16(15-4-2-3-5-17(15)25-18)21(28)30-12-20(27)26-22-24-11-19(23)31-22/h2-11H,12H2,1H3,(H,24,26,27). The highest BCUT2D eigenvalue weighted by atomic mass is 79.9. The van der Waals surface area contributed by atoms with Gasteiger partial charge < -0.3 is 9.47 Å². The molecule has 2 aromatic carbocycles. The second-order valence-electron chi connectivity index (χ2n) is 6.39. The average Bonchev–Trinajstić information content (AvgIpc) is 3.21. The summed E-state index contributed by atoms with van der Waals surface area (Å²) in [5.74, 6) is -0.352. The van der Waals surface area contributed by atoms with Gasteiger partial charge >= 0.3 is 5.97 Å². The van der Waals surface area contributed by atoms with Crippen LogP contribution in [0.15, 0.2) is 64.6 Å². The van der Waals surface area contributed by atoms with Gasteiger partial charge in [0.25, 0.3) is 5.91 Å². The molecule has 0 atom stereocenters. The fourth-order valence-electron chi connectivity index (χ4n) is 2.93. The van der Waals surface area contributed by atoms with Crippen LogP contribution >= 0.6 is 27.3 Å². The molecule has 0 saturated heterocycles. The fraction of sp³-hybridized carbons (Fsp3) is 0.0909. The summed E-state index contributed by atoms with van der Waals surface area (Å²) in [7, 11) is 1.60. The van der Waals surface area contributed by atoms with E-state index in [1.165, 1.54) is 11.3 Å². The number of amides is 1. The number of anilines is 1. The van der Waals surface area contributed by atoms with Crippen molar-refractivity contribution < 1.29 is 19.1 Å². The van der Waals surface area contributed by atoms with E-state index in [0.29, 0.717) is 27.3 Å². The molecule has 2 aromatic heterocycles. The lowest BCUT2D eigenvalue weighted by molar-refractivity contribution is -0.119. The lowest BCUT2D eigenvalue weighted by Crippen LogP contribution is -2.21. The Kier molecular flexibility index (Phi) is 6.24. The second kappa shape index (κ2) is 9.23. The molecule has 0 saturated carbocycles. The van der Waals surface area contributed by atoms with Crippen molar-refractivity contribution in [2.45, 2.75) is 0 Å². The monoisotopic (exact) mass is 497 g/mol. The van der Waals surface area contributed by atoms with Crippen molar-refractivity contribution >= 4 is 55.2 Å². The molecule has 156 valence electrons. The average molecular weight is 498 g/mol. The molecular formula is C22H16BrN3O4S. The summed E-state index contributed by atoms with van der Waals surface area (Å²) in [5.41, 5.74) is 2.43. The van der Waals surface area contributed by atoms with E-state index < -0.39 is 18.5 Å². The number of aromatic nitrogens is 2. The van der Waals surface area contributed by atoms with Gasteiger partial charge in [-0.3, -0.25) is 10.1 Å². The van der Waals surface area contributed by atoms with Crippen molar-refractivity contribution in [3.05, 3.63) is 70.1 Å². The van der Waals surface area contributed by atoms with Gasteiger partial charge in [0.05, 0.1) is 33.9 Å². The number of carbonyl (C=O) groups is 2. The van der Waals surface area contributed by atoms with E-state index in [2.05, 4.69) is 31.2 Å². The summed E-state index contributed by atoms with van der Waals surface area (Å²) in [6.45, 7) is -0.426. The highest BCUT2D eigenvalue weighted by molar-refractivity contribution is 9.11. The number of benzene rings is 2. The van der Waals surface area contributed by atoms with Crippen LogP contribution in [0.25, 0.3) is 22.2 Å². The van der Waals surface area contributed by atoms with Gasteiger partial charge in [0.1, 0.15) is 5.75 Å². The Labute approximate surface area is 190 Å². The van der Waals surface area contributed by atoms with Crippen LogP contribution in [0.2, 0.25) is 0 Å². The van der Waals surface area contributed by atoms with E-state index in [0.717, 1.165) is 15.1 Å². The first kappa shape index (κ1) is 21.0. The number of thiazole rings is 1. The largest absolute Gasteiger partial charge is 0.497 e. The Morgan fingerprint density at radius 1 is 1.13 bits per heavy atom. The van der Waals surface area contributed by atoms with Crippen molar-refractivity contribution in [2.24, 2.45) is 0 Å². The van der Waals surface area contributed by atoms with Gasteiger partial charge in [-0.15, -0.1) is 0 Å². The van der Waals surface area contributed by atoms with E-state index in [1.807, 2.05) is 42.5 Å². The number of hydrogen-bond donors (Lipinski definition) is 1. The smallest absolute Gasteiger partial charge is 0.339 e. The highest BCUT2D eigenvalue weighted by Gasteiger charge is 2.17. The minimum absolute atomic E-state index is 0.334. The molecule has 2 heterocycles. The normalized spacial score (nSPS) is 10.6. The van der Waals surface area contributed by atoms with Crippen molar-refractivity contribution in [2.75, 3.05) is 19.0 Å². The number of methoxy groups -OCH3 is 1. The SMILES string of the molecule is COc1ccc(-c2cc(C(=O)OCC(=O)Nc3ncc(Br)s3)c3ccccc3n2)cc1. The zero-order chi connectivity index (χ0) is 21.8. The number of rotatable bonds is 6. The van der Waals surface area contributed by atoms with Crippen LogP contribution in [-0.2, 0) is 9.53 Å².